The topological polar surface area (TPSA) is 23.8 Å². The summed E-state index contributed by atoms with van der Waals surface area (Å²) in [6.07, 6.45) is 1.75. The fourth-order valence-electron chi connectivity index (χ4n) is 1.83. The lowest BCUT2D eigenvalue weighted by Gasteiger charge is -2.18. The van der Waals surface area contributed by atoms with Crippen LogP contribution in [0, 0.1) is 16.7 Å². The molecule has 16 heavy (non-hydrogen) atoms. The van der Waals surface area contributed by atoms with Crippen LogP contribution in [0.15, 0.2) is 29.6 Å². The van der Waals surface area contributed by atoms with Crippen LogP contribution in [0.3, 0.4) is 0 Å². The van der Waals surface area contributed by atoms with E-state index in [9.17, 15) is 5.26 Å². The summed E-state index contributed by atoms with van der Waals surface area (Å²) in [4.78, 5) is 0. The summed E-state index contributed by atoms with van der Waals surface area (Å²) in [6, 6.07) is 10.8. The summed E-state index contributed by atoms with van der Waals surface area (Å²) >= 11 is 1.77. The maximum absolute atomic E-state index is 9.21. The Labute approximate surface area is 100 Å². The Morgan fingerprint density at radius 2 is 2.12 bits per heavy atom. The molecule has 0 aliphatic carbocycles. The SMILES string of the molecule is CCC(C)(C#N)Cc1csc2ccccc12. The Morgan fingerprint density at radius 3 is 2.81 bits per heavy atom. The summed E-state index contributed by atoms with van der Waals surface area (Å²) in [5.74, 6) is 0. The molecule has 2 heteroatoms. The molecule has 0 aliphatic heterocycles. The zero-order valence-corrected chi connectivity index (χ0v) is 10.5. The Balaban J connectivity index is 2.39. The lowest BCUT2D eigenvalue weighted by atomic mass is 9.83. The van der Waals surface area contributed by atoms with Crippen molar-refractivity contribution in [1.82, 2.24) is 0 Å². The quantitative estimate of drug-likeness (QED) is 0.766. The smallest absolute Gasteiger partial charge is 0.0690 e. The van der Waals surface area contributed by atoms with Crippen molar-refractivity contribution >= 4 is 21.4 Å². The van der Waals surface area contributed by atoms with Crippen LogP contribution >= 0.6 is 11.3 Å². The minimum absolute atomic E-state index is 0.232. The standard InChI is InChI=1S/C14H15NS/c1-3-14(2,10-15)8-11-9-16-13-7-5-4-6-12(11)13/h4-7,9H,3,8H2,1-2H3. The van der Waals surface area contributed by atoms with E-state index in [1.54, 1.807) is 11.3 Å². The molecule has 0 radical (unpaired) electrons. The summed E-state index contributed by atoms with van der Waals surface area (Å²) in [6.45, 7) is 4.12. The first kappa shape index (κ1) is 11.2. The van der Waals surface area contributed by atoms with Crippen LogP contribution in [0.2, 0.25) is 0 Å². The molecule has 1 aromatic heterocycles. The monoisotopic (exact) mass is 229 g/mol. The van der Waals surface area contributed by atoms with Gasteiger partial charge in [0.2, 0.25) is 0 Å². The summed E-state index contributed by atoms with van der Waals surface area (Å²) < 4.78 is 1.31. The molecular weight excluding hydrogens is 214 g/mol. The van der Waals surface area contributed by atoms with E-state index in [4.69, 9.17) is 0 Å². The maximum atomic E-state index is 9.21. The highest BCUT2D eigenvalue weighted by Crippen LogP contribution is 2.32. The lowest BCUT2D eigenvalue weighted by Crippen LogP contribution is -2.15. The van der Waals surface area contributed by atoms with Gasteiger partial charge in [-0.05, 0) is 42.2 Å². The van der Waals surface area contributed by atoms with Gasteiger partial charge < -0.3 is 0 Å². The molecule has 0 bridgehead atoms. The van der Waals surface area contributed by atoms with Crippen molar-refractivity contribution in [2.45, 2.75) is 26.7 Å². The highest BCUT2D eigenvalue weighted by molar-refractivity contribution is 7.17. The second kappa shape index (κ2) is 4.27. The fourth-order valence-corrected chi connectivity index (χ4v) is 2.80. The molecule has 1 unspecified atom stereocenters. The van der Waals surface area contributed by atoms with Crippen molar-refractivity contribution in [3.05, 3.63) is 35.2 Å². The van der Waals surface area contributed by atoms with Gasteiger partial charge >= 0.3 is 0 Å². The predicted octanol–water partition coefficient (Wildman–Crippen LogP) is 4.38. The Morgan fingerprint density at radius 1 is 1.38 bits per heavy atom. The van der Waals surface area contributed by atoms with Crippen molar-refractivity contribution < 1.29 is 0 Å². The molecule has 0 amide bonds. The number of fused-ring (bicyclic) bond motifs is 1. The number of rotatable bonds is 3. The van der Waals surface area contributed by atoms with E-state index >= 15 is 0 Å². The third-order valence-electron chi connectivity index (χ3n) is 3.19. The van der Waals surface area contributed by atoms with Gasteiger partial charge in [-0.3, -0.25) is 0 Å². The minimum atomic E-state index is -0.232. The number of thiophene rings is 1. The van der Waals surface area contributed by atoms with E-state index in [2.05, 4.69) is 42.6 Å². The number of nitrogens with zero attached hydrogens (tertiary/aromatic N) is 1. The predicted molar refractivity (Wildman–Crippen MR) is 69.5 cm³/mol. The van der Waals surface area contributed by atoms with Gasteiger partial charge in [-0.2, -0.15) is 5.26 Å². The third-order valence-corrected chi connectivity index (χ3v) is 4.20. The average molecular weight is 229 g/mol. The molecule has 0 aliphatic rings. The number of hydrogen-bond donors (Lipinski definition) is 0. The maximum Gasteiger partial charge on any atom is 0.0690 e. The van der Waals surface area contributed by atoms with E-state index in [0.717, 1.165) is 12.8 Å². The summed E-state index contributed by atoms with van der Waals surface area (Å²) in [7, 11) is 0. The molecule has 1 nitrogen and oxygen atoms in total. The highest BCUT2D eigenvalue weighted by atomic mass is 32.1. The first-order valence-electron chi connectivity index (χ1n) is 5.55. The molecule has 1 atom stereocenters. The first-order chi connectivity index (χ1) is 7.68. The van der Waals surface area contributed by atoms with E-state index in [-0.39, 0.29) is 5.41 Å². The second-order valence-electron chi connectivity index (χ2n) is 4.46. The van der Waals surface area contributed by atoms with Crippen LogP contribution < -0.4 is 0 Å². The van der Waals surface area contributed by atoms with Crippen LogP contribution in [0.25, 0.3) is 10.1 Å². The molecule has 0 saturated heterocycles. The summed E-state index contributed by atoms with van der Waals surface area (Å²) in [5, 5.41) is 12.7. The molecule has 2 aromatic rings. The Kier molecular flexibility index (Phi) is 2.98. The zero-order valence-electron chi connectivity index (χ0n) is 9.66. The third kappa shape index (κ3) is 1.96. The van der Waals surface area contributed by atoms with Gasteiger partial charge in [0, 0.05) is 4.70 Å². The molecule has 0 saturated carbocycles. The molecule has 0 fully saturated rings. The second-order valence-corrected chi connectivity index (χ2v) is 5.37. The minimum Gasteiger partial charge on any atom is -0.198 e. The molecule has 2 rings (SSSR count). The Bertz CT molecular complexity index is 535. The lowest BCUT2D eigenvalue weighted by molar-refractivity contribution is 0.424. The van der Waals surface area contributed by atoms with E-state index in [1.165, 1.54) is 15.6 Å². The van der Waals surface area contributed by atoms with Gasteiger partial charge in [0.05, 0.1) is 11.5 Å². The number of hydrogen-bond acceptors (Lipinski definition) is 2. The average Bonchev–Trinajstić information content (AvgIpc) is 2.73. The molecule has 1 aromatic carbocycles. The number of nitriles is 1. The molecular formula is C14H15NS. The summed E-state index contributed by atoms with van der Waals surface area (Å²) in [5.41, 5.74) is 1.08. The number of benzene rings is 1. The van der Waals surface area contributed by atoms with Crippen LogP contribution in [0.4, 0.5) is 0 Å². The fraction of sp³-hybridized carbons (Fsp3) is 0.357. The van der Waals surface area contributed by atoms with Gasteiger partial charge in [-0.1, -0.05) is 25.1 Å². The highest BCUT2D eigenvalue weighted by Gasteiger charge is 2.23. The molecule has 0 spiro atoms. The largest absolute Gasteiger partial charge is 0.198 e. The van der Waals surface area contributed by atoms with Crippen LogP contribution in [0.1, 0.15) is 25.8 Å². The van der Waals surface area contributed by atoms with Gasteiger partial charge in [0.15, 0.2) is 0 Å². The van der Waals surface area contributed by atoms with Gasteiger partial charge in [-0.25, -0.2) is 0 Å². The van der Waals surface area contributed by atoms with Crippen LogP contribution in [-0.4, -0.2) is 0 Å². The van der Waals surface area contributed by atoms with Gasteiger partial charge in [0.1, 0.15) is 0 Å². The van der Waals surface area contributed by atoms with Crippen molar-refractivity contribution in [3.63, 3.8) is 0 Å². The van der Waals surface area contributed by atoms with Gasteiger partial charge in [0.25, 0.3) is 0 Å². The van der Waals surface area contributed by atoms with Crippen molar-refractivity contribution in [1.29, 1.82) is 5.26 Å². The van der Waals surface area contributed by atoms with Crippen molar-refractivity contribution in [2.24, 2.45) is 5.41 Å². The molecule has 1 heterocycles. The van der Waals surface area contributed by atoms with Gasteiger partial charge in [-0.15, -0.1) is 11.3 Å². The Hall–Kier alpha value is -1.33. The van der Waals surface area contributed by atoms with E-state index in [1.807, 2.05) is 6.92 Å². The van der Waals surface area contributed by atoms with E-state index < -0.39 is 0 Å². The van der Waals surface area contributed by atoms with E-state index in [0.29, 0.717) is 0 Å². The zero-order chi connectivity index (χ0) is 11.6. The molecule has 0 N–H and O–H groups in total. The van der Waals surface area contributed by atoms with Crippen molar-refractivity contribution in [2.75, 3.05) is 0 Å². The van der Waals surface area contributed by atoms with Crippen LogP contribution in [0.5, 0.6) is 0 Å². The van der Waals surface area contributed by atoms with Crippen molar-refractivity contribution in [3.8, 4) is 6.07 Å². The normalized spacial score (nSPS) is 14.6. The first-order valence-corrected chi connectivity index (χ1v) is 6.43. The van der Waals surface area contributed by atoms with Crippen LogP contribution in [-0.2, 0) is 6.42 Å². The molecule has 82 valence electrons.